The third kappa shape index (κ3) is 5.52. The molecule has 0 fully saturated rings. The molecule has 0 aliphatic heterocycles. The van der Waals surface area contributed by atoms with Crippen molar-refractivity contribution in [3.05, 3.63) is 23.3 Å². The van der Waals surface area contributed by atoms with Crippen LogP contribution in [0.4, 0.5) is 5.69 Å². The number of aryl methyl sites for hydroxylation is 2. The molecule has 0 heterocycles. The van der Waals surface area contributed by atoms with Crippen LogP contribution >= 0.6 is 0 Å². The van der Waals surface area contributed by atoms with Crippen molar-refractivity contribution in [3.8, 4) is 5.75 Å². The van der Waals surface area contributed by atoms with Gasteiger partial charge in [0.05, 0.1) is 6.61 Å². The molecule has 0 aliphatic carbocycles. The fraction of sp³-hybridized carbons (Fsp3) is 0.650. The first-order chi connectivity index (χ1) is 11.1. The smallest absolute Gasteiger partial charge is 0.256 e. The van der Waals surface area contributed by atoms with E-state index in [4.69, 9.17) is 9.47 Å². The van der Waals surface area contributed by atoms with Gasteiger partial charge in [-0.1, -0.05) is 27.7 Å². The molecule has 0 saturated heterocycles. The van der Waals surface area contributed by atoms with E-state index in [1.54, 1.807) is 7.11 Å². The lowest BCUT2D eigenvalue weighted by molar-refractivity contribution is -0.137. The Hall–Kier alpha value is -1.55. The summed E-state index contributed by atoms with van der Waals surface area (Å²) in [6.07, 6.45) is 0.670. The Balaban J connectivity index is 2.94. The van der Waals surface area contributed by atoms with Crippen LogP contribution in [0, 0.1) is 25.7 Å². The molecule has 136 valence electrons. The second-order valence-corrected chi connectivity index (χ2v) is 7.63. The van der Waals surface area contributed by atoms with E-state index in [0.29, 0.717) is 24.9 Å². The number of methoxy groups -OCH3 is 1. The molecule has 0 unspecified atom stereocenters. The minimum absolute atomic E-state index is 0.117. The fourth-order valence-corrected chi connectivity index (χ4v) is 2.81. The van der Waals surface area contributed by atoms with Crippen molar-refractivity contribution in [2.45, 2.75) is 60.5 Å². The Morgan fingerprint density at radius 3 is 2.08 bits per heavy atom. The van der Waals surface area contributed by atoms with Gasteiger partial charge in [-0.15, -0.1) is 0 Å². The summed E-state index contributed by atoms with van der Waals surface area (Å²) in [5, 5.41) is 2.99. The number of carbonyl (C=O) groups is 1. The topological polar surface area (TPSA) is 47.6 Å². The van der Waals surface area contributed by atoms with Crippen LogP contribution in [-0.2, 0) is 9.53 Å². The number of hydrogen-bond acceptors (Lipinski definition) is 3. The highest BCUT2D eigenvalue weighted by molar-refractivity contribution is 5.97. The van der Waals surface area contributed by atoms with Gasteiger partial charge in [0, 0.05) is 12.8 Å². The number of amides is 1. The lowest BCUT2D eigenvalue weighted by Crippen LogP contribution is -2.43. The third-order valence-corrected chi connectivity index (χ3v) is 4.01. The van der Waals surface area contributed by atoms with E-state index >= 15 is 0 Å². The average Bonchev–Trinajstić information content (AvgIpc) is 2.45. The van der Waals surface area contributed by atoms with Gasteiger partial charge in [-0.2, -0.15) is 0 Å². The van der Waals surface area contributed by atoms with E-state index in [9.17, 15) is 4.79 Å². The molecule has 0 saturated carbocycles. The molecule has 4 nitrogen and oxygen atoms in total. The first kappa shape index (κ1) is 20.5. The van der Waals surface area contributed by atoms with Gasteiger partial charge in [-0.25, -0.2) is 0 Å². The van der Waals surface area contributed by atoms with Gasteiger partial charge in [-0.3, -0.25) is 4.79 Å². The van der Waals surface area contributed by atoms with Crippen molar-refractivity contribution < 1.29 is 14.3 Å². The first-order valence-electron chi connectivity index (χ1n) is 8.69. The number of hydrogen-bond donors (Lipinski definition) is 1. The van der Waals surface area contributed by atoms with Crippen LogP contribution in [0.25, 0.3) is 0 Å². The summed E-state index contributed by atoms with van der Waals surface area (Å²) in [6, 6.07) is 3.90. The summed E-state index contributed by atoms with van der Waals surface area (Å²) in [5.74, 6) is 1.63. The fourth-order valence-electron chi connectivity index (χ4n) is 2.81. The molecule has 0 aliphatic rings. The predicted octanol–water partition coefficient (Wildman–Crippen LogP) is 4.73. The van der Waals surface area contributed by atoms with Crippen LogP contribution in [0.2, 0.25) is 0 Å². The van der Waals surface area contributed by atoms with Crippen LogP contribution < -0.4 is 10.1 Å². The second kappa shape index (κ2) is 8.52. The van der Waals surface area contributed by atoms with Crippen LogP contribution in [-0.4, -0.2) is 25.2 Å². The number of nitrogens with one attached hydrogen (secondary N) is 1. The van der Waals surface area contributed by atoms with Gasteiger partial charge in [0.15, 0.2) is 0 Å². The number of carbonyl (C=O) groups excluding carboxylic acids is 1. The third-order valence-electron chi connectivity index (χ3n) is 4.01. The van der Waals surface area contributed by atoms with Gasteiger partial charge < -0.3 is 14.8 Å². The summed E-state index contributed by atoms with van der Waals surface area (Å²) in [6.45, 7) is 14.9. The molecule has 1 aromatic carbocycles. The van der Waals surface area contributed by atoms with Crippen molar-refractivity contribution >= 4 is 11.6 Å². The van der Waals surface area contributed by atoms with Gasteiger partial charge in [0.1, 0.15) is 11.4 Å². The van der Waals surface area contributed by atoms with E-state index in [0.717, 1.165) is 22.6 Å². The maximum absolute atomic E-state index is 12.7. The molecule has 1 rings (SSSR count). The van der Waals surface area contributed by atoms with E-state index < -0.39 is 5.60 Å². The van der Waals surface area contributed by atoms with E-state index in [1.807, 2.05) is 32.9 Å². The molecule has 24 heavy (non-hydrogen) atoms. The maximum atomic E-state index is 12.7. The lowest BCUT2D eigenvalue weighted by atomic mass is 9.93. The Morgan fingerprint density at radius 1 is 1.12 bits per heavy atom. The largest absolute Gasteiger partial charge is 0.493 e. The number of rotatable bonds is 8. The maximum Gasteiger partial charge on any atom is 0.256 e. The SMILES string of the molecule is CO[C@](C)(CC(C)C)C(=O)Nc1cc(C)c(OCC(C)C)c(C)c1. The zero-order valence-corrected chi connectivity index (χ0v) is 16.4. The second-order valence-electron chi connectivity index (χ2n) is 7.63. The van der Waals surface area contributed by atoms with Crippen LogP contribution in [0.1, 0.15) is 52.2 Å². The molecule has 1 N–H and O–H groups in total. The first-order valence-corrected chi connectivity index (χ1v) is 8.69. The average molecular weight is 335 g/mol. The van der Waals surface area contributed by atoms with Crippen molar-refractivity contribution in [2.75, 3.05) is 19.0 Å². The molecular formula is C20H33NO3. The van der Waals surface area contributed by atoms with Crippen molar-refractivity contribution in [1.29, 1.82) is 0 Å². The molecule has 4 heteroatoms. The van der Waals surface area contributed by atoms with Crippen LogP contribution in [0.3, 0.4) is 0 Å². The van der Waals surface area contributed by atoms with Gasteiger partial charge >= 0.3 is 0 Å². The molecule has 1 atom stereocenters. The summed E-state index contributed by atoms with van der Waals surface area (Å²) in [4.78, 5) is 12.7. The molecule has 1 amide bonds. The monoisotopic (exact) mass is 335 g/mol. The highest BCUT2D eigenvalue weighted by Gasteiger charge is 2.34. The van der Waals surface area contributed by atoms with Crippen molar-refractivity contribution in [1.82, 2.24) is 0 Å². The minimum Gasteiger partial charge on any atom is -0.493 e. The molecular weight excluding hydrogens is 302 g/mol. The highest BCUT2D eigenvalue weighted by Crippen LogP contribution is 2.29. The molecule has 1 aromatic rings. The molecule has 0 radical (unpaired) electrons. The van der Waals surface area contributed by atoms with Gasteiger partial charge in [0.25, 0.3) is 5.91 Å². The molecule has 0 spiro atoms. The van der Waals surface area contributed by atoms with E-state index in [-0.39, 0.29) is 5.91 Å². The zero-order valence-electron chi connectivity index (χ0n) is 16.4. The van der Waals surface area contributed by atoms with Crippen LogP contribution in [0.15, 0.2) is 12.1 Å². The number of anilines is 1. The Morgan fingerprint density at radius 2 is 1.67 bits per heavy atom. The Labute approximate surface area is 146 Å². The summed E-state index contributed by atoms with van der Waals surface area (Å²) < 4.78 is 11.4. The Bertz CT molecular complexity index is 543. The van der Waals surface area contributed by atoms with Crippen LogP contribution in [0.5, 0.6) is 5.75 Å². The van der Waals surface area contributed by atoms with Crippen molar-refractivity contribution in [2.24, 2.45) is 11.8 Å². The number of ether oxygens (including phenoxy) is 2. The summed E-state index contributed by atoms with van der Waals surface area (Å²) in [5.41, 5.74) is 1.99. The normalized spacial score (nSPS) is 13.9. The molecule has 0 bridgehead atoms. The summed E-state index contributed by atoms with van der Waals surface area (Å²) >= 11 is 0. The standard InChI is InChI=1S/C20H33NO3/c1-13(2)11-20(7,23-8)19(22)21-17-9-15(5)18(16(6)10-17)24-12-14(3)4/h9-10,13-14H,11-12H2,1-8H3,(H,21,22)/t20-/m1/s1. The predicted molar refractivity (Wildman–Crippen MR) is 99.7 cm³/mol. The van der Waals surface area contributed by atoms with Crippen molar-refractivity contribution in [3.63, 3.8) is 0 Å². The number of benzene rings is 1. The minimum atomic E-state index is -0.831. The molecule has 0 aromatic heterocycles. The van der Waals surface area contributed by atoms with Gasteiger partial charge in [-0.05, 0) is 62.3 Å². The van der Waals surface area contributed by atoms with E-state index in [2.05, 4.69) is 33.0 Å². The Kier molecular flexibility index (Phi) is 7.27. The zero-order chi connectivity index (χ0) is 18.5. The lowest BCUT2D eigenvalue weighted by Gasteiger charge is -2.28. The summed E-state index contributed by atoms with van der Waals surface area (Å²) in [7, 11) is 1.58. The van der Waals surface area contributed by atoms with Gasteiger partial charge in [0.2, 0.25) is 0 Å². The highest BCUT2D eigenvalue weighted by atomic mass is 16.5. The van der Waals surface area contributed by atoms with E-state index in [1.165, 1.54) is 0 Å². The quantitative estimate of drug-likeness (QED) is 0.747.